The third-order valence-electron chi connectivity index (χ3n) is 7.09. The minimum atomic E-state index is 0.182. The van der Waals surface area contributed by atoms with Gasteiger partial charge in [0.2, 0.25) is 5.91 Å². The zero-order chi connectivity index (χ0) is 22.6. The molecule has 2 nitrogen and oxygen atoms in total. The van der Waals surface area contributed by atoms with Crippen LogP contribution in [-0.2, 0) is 4.79 Å². The summed E-state index contributed by atoms with van der Waals surface area (Å²) in [7, 11) is 1.72. The van der Waals surface area contributed by atoms with E-state index in [2.05, 4.69) is 52.1 Å². The molecule has 0 fully saturated rings. The third-order valence-corrected chi connectivity index (χ3v) is 7.09. The van der Waals surface area contributed by atoms with E-state index >= 15 is 0 Å². The second-order valence-electron chi connectivity index (χ2n) is 9.47. The van der Waals surface area contributed by atoms with Crippen LogP contribution in [0.2, 0.25) is 0 Å². The highest BCUT2D eigenvalue weighted by atomic mass is 16.1. The summed E-state index contributed by atoms with van der Waals surface area (Å²) in [6, 6.07) is 0. The second-order valence-corrected chi connectivity index (χ2v) is 9.47. The molecule has 0 aromatic heterocycles. The summed E-state index contributed by atoms with van der Waals surface area (Å²) in [5.74, 6) is 3.53. The van der Waals surface area contributed by atoms with Gasteiger partial charge in [-0.25, -0.2) is 0 Å². The zero-order valence-electron chi connectivity index (χ0n) is 21.5. The molecule has 0 aliphatic heterocycles. The molecule has 1 N–H and O–H groups in total. The Morgan fingerprint density at radius 2 is 1.27 bits per heavy atom. The van der Waals surface area contributed by atoms with Crippen molar-refractivity contribution in [1.29, 1.82) is 0 Å². The van der Waals surface area contributed by atoms with Gasteiger partial charge in [-0.05, 0) is 42.9 Å². The largest absolute Gasteiger partial charge is 0.359 e. The second kappa shape index (κ2) is 20.1. The quantitative estimate of drug-likeness (QED) is 0.208. The summed E-state index contributed by atoms with van der Waals surface area (Å²) in [5.41, 5.74) is 0. The minimum absolute atomic E-state index is 0.182. The van der Waals surface area contributed by atoms with Crippen LogP contribution in [0.1, 0.15) is 131 Å². The molecule has 1 amide bonds. The maximum atomic E-state index is 11.2. The number of hydrogen-bond donors (Lipinski definition) is 1. The van der Waals surface area contributed by atoms with E-state index in [0.717, 1.165) is 30.1 Å². The van der Waals surface area contributed by atoms with Crippen molar-refractivity contribution in [2.24, 2.45) is 23.7 Å². The highest BCUT2D eigenvalue weighted by molar-refractivity contribution is 5.75. The van der Waals surface area contributed by atoms with E-state index in [0.29, 0.717) is 6.42 Å². The van der Waals surface area contributed by atoms with Gasteiger partial charge in [0, 0.05) is 13.5 Å². The summed E-state index contributed by atoms with van der Waals surface area (Å²) in [4.78, 5) is 11.2. The Bertz CT molecular complexity index is 415. The molecule has 0 spiro atoms. The van der Waals surface area contributed by atoms with Crippen molar-refractivity contribution in [2.45, 2.75) is 131 Å². The molecular formula is C28H55NO. The van der Waals surface area contributed by atoms with Gasteiger partial charge in [0.1, 0.15) is 0 Å². The molecule has 1 aliphatic carbocycles. The Kier molecular flexibility index (Phi) is 19.6. The van der Waals surface area contributed by atoms with Crippen molar-refractivity contribution in [3.05, 3.63) is 12.2 Å². The molecule has 0 radical (unpaired) electrons. The molecule has 0 bridgehead atoms. The summed E-state index contributed by atoms with van der Waals surface area (Å²) in [6.07, 6.45) is 24.3. The first-order valence-electron chi connectivity index (χ1n) is 13.4. The van der Waals surface area contributed by atoms with Gasteiger partial charge in [-0.3, -0.25) is 4.79 Å². The molecule has 4 atom stereocenters. The van der Waals surface area contributed by atoms with Crippen LogP contribution in [0.25, 0.3) is 0 Å². The van der Waals surface area contributed by atoms with E-state index in [-0.39, 0.29) is 5.91 Å². The minimum Gasteiger partial charge on any atom is -0.359 e. The van der Waals surface area contributed by atoms with Gasteiger partial charge in [-0.15, -0.1) is 0 Å². The SMILES string of the molecule is CCCC.CCCCCCC1C=CC(CCCCCCCC(=O)NC)C(C)C1CC. The third kappa shape index (κ3) is 13.5. The molecule has 4 unspecified atom stereocenters. The maximum absolute atomic E-state index is 11.2. The molecular weight excluding hydrogens is 366 g/mol. The first-order chi connectivity index (χ1) is 14.5. The molecule has 1 aliphatic rings. The van der Waals surface area contributed by atoms with Crippen LogP contribution in [0, 0.1) is 23.7 Å². The van der Waals surface area contributed by atoms with Crippen molar-refractivity contribution >= 4 is 5.91 Å². The fourth-order valence-electron chi connectivity index (χ4n) is 4.78. The van der Waals surface area contributed by atoms with Crippen molar-refractivity contribution < 1.29 is 4.79 Å². The average molecular weight is 422 g/mol. The number of rotatable bonds is 15. The van der Waals surface area contributed by atoms with Gasteiger partial charge < -0.3 is 5.32 Å². The molecule has 0 saturated heterocycles. The Morgan fingerprint density at radius 3 is 1.83 bits per heavy atom. The van der Waals surface area contributed by atoms with Crippen molar-refractivity contribution in [1.82, 2.24) is 5.32 Å². The fraction of sp³-hybridized carbons (Fsp3) is 0.893. The Balaban J connectivity index is 0.00000192. The van der Waals surface area contributed by atoms with E-state index in [1.165, 1.54) is 83.5 Å². The molecule has 0 aromatic carbocycles. The smallest absolute Gasteiger partial charge is 0.219 e. The topological polar surface area (TPSA) is 29.1 Å². The summed E-state index contributed by atoms with van der Waals surface area (Å²) >= 11 is 0. The lowest BCUT2D eigenvalue weighted by molar-refractivity contribution is -0.120. The van der Waals surface area contributed by atoms with Gasteiger partial charge in [0.25, 0.3) is 0 Å². The van der Waals surface area contributed by atoms with Gasteiger partial charge >= 0.3 is 0 Å². The predicted molar refractivity (Wildman–Crippen MR) is 135 cm³/mol. The van der Waals surface area contributed by atoms with Crippen LogP contribution in [0.5, 0.6) is 0 Å². The average Bonchev–Trinajstić information content (AvgIpc) is 2.77. The van der Waals surface area contributed by atoms with Crippen molar-refractivity contribution in [2.75, 3.05) is 7.05 Å². The molecule has 0 heterocycles. The van der Waals surface area contributed by atoms with Crippen LogP contribution in [0.4, 0.5) is 0 Å². The zero-order valence-corrected chi connectivity index (χ0v) is 21.5. The number of nitrogens with one attached hydrogen (secondary N) is 1. The number of unbranched alkanes of at least 4 members (excludes halogenated alkanes) is 8. The van der Waals surface area contributed by atoms with Crippen molar-refractivity contribution in [3.8, 4) is 0 Å². The highest BCUT2D eigenvalue weighted by Crippen LogP contribution is 2.40. The van der Waals surface area contributed by atoms with Gasteiger partial charge in [0.15, 0.2) is 0 Å². The van der Waals surface area contributed by atoms with Crippen LogP contribution in [-0.4, -0.2) is 13.0 Å². The van der Waals surface area contributed by atoms with Crippen LogP contribution >= 0.6 is 0 Å². The summed E-state index contributed by atoms with van der Waals surface area (Å²) < 4.78 is 0. The number of amides is 1. The van der Waals surface area contributed by atoms with Crippen molar-refractivity contribution in [3.63, 3.8) is 0 Å². The molecule has 0 aromatic rings. The van der Waals surface area contributed by atoms with Gasteiger partial charge in [-0.2, -0.15) is 0 Å². The first-order valence-corrected chi connectivity index (χ1v) is 13.4. The monoisotopic (exact) mass is 421 g/mol. The standard InChI is InChI=1S/C24H45NO.C4H10/c1-5-7-8-12-16-22-19-18-21(20(3)23(22)6-2)15-13-10-9-11-14-17-24(26)25-4;1-3-4-2/h18-23H,5-17H2,1-4H3,(H,25,26);3-4H2,1-2H3. The first kappa shape index (κ1) is 29.2. The Labute approximate surface area is 190 Å². The van der Waals surface area contributed by atoms with Crippen LogP contribution in [0.15, 0.2) is 12.2 Å². The number of carbonyl (C=O) groups is 1. The van der Waals surface area contributed by atoms with Gasteiger partial charge in [0.05, 0.1) is 0 Å². The predicted octanol–water partition coefficient (Wildman–Crippen LogP) is 8.70. The Morgan fingerprint density at radius 1 is 0.733 bits per heavy atom. The lowest BCUT2D eigenvalue weighted by Crippen LogP contribution is -2.29. The summed E-state index contributed by atoms with van der Waals surface area (Å²) in [5, 5.41) is 2.70. The normalized spacial score (nSPS) is 23.0. The van der Waals surface area contributed by atoms with E-state index < -0.39 is 0 Å². The van der Waals surface area contributed by atoms with Gasteiger partial charge in [-0.1, -0.05) is 117 Å². The lowest BCUT2D eigenvalue weighted by Gasteiger charge is -2.38. The Hall–Kier alpha value is -0.790. The number of carbonyl (C=O) groups excluding carboxylic acids is 1. The van der Waals surface area contributed by atoms with E-state index in [4.69, 9.17) is 0 Å². The van der Waals surface area contributed by atoms with E-state index in [1.54, 1.807) is 7.05 Å². The number of hydrogen-bond acceptors (Lipinski definition) is 1. The molecule has 178 valence electrons. The van der Waals surface area contributed by atoms with E-state index in [1.807, 2.05) is 0 Å². The molecule has 1 rings (SSSR count). The number of allylic oxidation sites excluding steroid dienone is 2. The molecule has 0 saturated carbocycles. The fourth-order valence-corrected chi connectivity index (χ4v) is 4.78. The van der Waals surface area contributed by atoms with Crippen LogP contribution in [0.3, 0.4) is 0 Å². The van der Waals surface area contributed by atoms with Crippen LogP contribution < -0.4 is 5.32 Å². The van der Waals surface area contributed by atoms with E-state index in [9.17, 15) is 4.79 Å². The maximum Gasteiger partial charge on any atom is 0.219 e. The lowest BCUT2D eigenvalue weighted by atomic mass is 9.67. The highest BCUT2D eigenvalue weighted by Gasteiger charge is 2.31. The summed E-state index contributed by atoms with van der Waals surface area (Å²) in [6.45, 7) is 11.6. The molecule has 2 heteroatoms. The molecule has 30 heavy (non-hydrogen) atoms.